The Morgan fingerprint density at radius 3 is 2.35 bits per heavy atom. The predicted molar refractivity (Wildman–Crippen MR) is 72.9 cm³/mol. The van der Waals surface area contributed by atoms with Crippen molar-refractivity contribution in [2.24, 2.45) is 5.73 Å². The topological polar surface area (TPSA) is 58.4 Å². The van der Waals surface area contributed by atoms with Crippen molar-refractivity contribution in [3.63, 3.8) is 0 Å². The van der Waals surface area contributed by atoms with Gasteiger partial charge in [0.25, 0.3) is 0 Å². The first kappa shape index (κ1) is 16.4. The summed E-state index contributed by atoms with van der Waals surface area (Å²) in [5.41, 5.74) is 4.90. The first-order chi connectivity index (χ1) is 7.91. The molecule has 0 spiro atoms. The Morgan fingerprint density at radius 1 is 1.41 bits per heavy atom. The van der Waals surface area contributed by atoms with Gasteiger partial charge in [-0.25, -0.2) is 0 Å². The monoisotopic (exact) mass is 243 g/mol. The molecule has 0 aromatic heterocycles. The maximum atomic E-state index is 11.6. The summed E-state index contributed by atoms with van der Waals surface area (Å²) in [6.07, 6.45) is 1.89. The summed E-state index contributed by atoms with van der Waals surface area (Å²) in [5.74, 6) is -0.265. The fourth-order valence-corrected chi connectivity index (χ4v) is 2.35. The van der Waals surface area contributed by atoms with Crippen LogP contribution in [0.15, 0.2) is 0 Å². The van der Waals surface area contributed by atoms with Crippen molar-refractivity contribution >= 4 is 5.91 Å². The van der Waals surface area contributed by atoms with E-state index in [2.05, 4.69) is 31.0 Å². The molecule has 0 saturated carbocycles. The number of nitrogens with zero attached hydrogens (tertiary/aromatic N) is 1. The molecule has 4 heteroatoms. The van der Waals surface area contributed by atoms with Crippen LogP contribution in [0.3, 0.4) is 0 Å². The average Bonchev–Trinajstić information content (AvgIpc) is 2.25. The number of primary amides is 1. The van der Waals surface area contributed by atoms with Gasteiger partial charge >= 0.3 is 0 Å². The summed E-state index contributed by atoms with van der Waals surface area (Å²) in [7, 11) is 0. The third-order valence-corrected chi connectivity index (χ3v) is 3.35. The number of hydrogen-bond acceptors (Lipinski definition) is 3. The molecule has 0 fully saturated rings. The molecule has 0 aliphatic rings. The van der Waals surface area contributed by atoms with Gasteiger partial charge in [-0.15, -0.1) is 0 Å². The van der Waals surface area contributed by atoms with Crippen LogP contribution >= 0.6 is 0 Å². The number of nitrogens with one attached hydrogen (secondary N) is 1. The zero-order valence-electron chi connectivity index (χ0n) is 12.0. The van der Waals surface area contributed by atoms with E-state index >= 15 is 0 Å². The van der Waals surface area contributed by atoms with Gasteiger partial charge in [0.05, 0.1) is 5.54 Å². The Morgan fingerprint density at radius 2 is 2.00 bits per heavy atom. The van der Waals surface area contributed by atoms with Gasteiger partial charge in [-0.2, -0.15) is 0 Å². The second-order valence-corrected chi connectivity index (χ2v) is 4.91. The Kier molecular flexibility index (Phi) is 7.39. The number of amides is 1. The molecular formula is C13H29N3O. The molecule has 0 bridgehead atoms. The normalized spacial score (nSPS) is 16.8. The zero-order chi connectivity index (χ0) is 13.5. The second kappa shape index (κ2) is 7.67. The lowest BCUT2D eigenvalue weighted by Crippen LogP contribution is -2.56. The predicted octanol–water partition coefficient (Wildman–Crippen LogP) is 1.35. The number of carbonyl (C=O) groups excluding carboxylic acids is 1. The molecule has 0 heterocycles. The first-order valence-corrected chi connectivity index (χ1v) is 6.70. The SMILES string of the molecule is CCCN(CC)C(C)CC(C)(NCC)C(N)=O. The largest absolute Gasteiger partial charge is 0.368 e. The molecule has 1 amide bonds. The third kappa shape index (κ3) is 5.04. The van der Waals surface area contributed by atoms with Crippen LogP contribution < -0.4 is 11.1 Å². The van der Waals surface area contributed by atoms with E-state index in [1.54, 1.807) is 0 Å². The van der Waals surface area contributed by atoms with E-state index in [0.717, 1.165) is 32.5 Å². The van der Waals surface area contributed by atoms with Crippen LogP contribution in [-0.4, -0.2) is 42.0 Å². The number of hydrogen-bond donors (Lipinski definition) is 2. The van der Waals surface area contributed by atoms with Gasteiger partial charge in [0.2, 0.25) is 5.91 Å². The van der Waals surface area contributed by atoms with Crippen LogP contribution in [0.25, 0.3) is 0 Å². The highest BCUT2D eigenvalue weighted by Gasteiger charge is 2.32. The van der Waals surface area contributed by atoms with Crippen LogP contribution in [0.2, 0.25) is 0 Å². The molecule has 0 aromatic rings. The van der Waals surface area contributed by atoms with Crippen molar-refractivity contribution in [1.29, 1.82) is 0 Å². The first-order valence-electron chi connectivity index (χ1n) is 6.70. The van der Waals surface area contributed by atoms with E-state index in [1.807, 2.05) is 13.8 Å². The van der Waals surface area contributed by atoms with Gasteiger partial charge in [0.15, 0.2) is 0 Å². The smallest absolute Gasteiger partial charge is 0.237 e. The molecule has 2 unspecified atom stereocenters. The van der Waals surface area contributed by atoms with E-state index in [4.69, 9.17) is 5.73 Å². The summed E-state index contributed by atoms with van der Waals surface area (Å²) in [6.45, 7) is 13.2. The van der Waals surface area contributed by atoms with E-state index in [9.17, 15) is 4.79 Å². The number of nitrogens with two attached hydrogens (primary N) is 1. The van der Waals surface area contributed by atoms with Crippen molar-refractivity contribution in [2.75, 3.05) is 19.6 Å². The summed E-state index contributed by atoms with van der Waals surface area (Å²) in [5, 5.41) is 3.21. The highest BCUT2D eigenvalue weighted by atomic mass is 16.1. The van der Waals surface area contributed by atoms with Gasteiger partial charge in [-0.1, -0.05) is 20.8 Å². The summed E-state index contributed by atoms with van der Waals surface area (Å²) in [6, 6.07) is 0.358. The van der Waals surface area contributed by atoms with Crippen molar-refractivity contribution in [3.8, 4) is 0 Å². The standard InChI is InChI=1S/C13H29N3O/c1-6-9-16(8-3)11(4)10-13(5,12(14)17)15-7-2/h11,15H,6-10H2,1-5H3,(H2,14,17). The summed E-state index contributed by atoms with van der Waals surface area (Å²) >= 11 is 0. The van der Waals surface area contributed by atoms with E-state index < -0.39 is 5.54 Å². The second-order valence-electron chi connectivity index (χ2n) is 4.91. The van der Waals surface area contributed by atoms with Gasteiger partial charge in [-0.05, 0) is 46.3 Å². The van der Waals surface area contributed by atoms with Gasteiger partial charge in [0.1, 0.15) is 0 Å². The van der Waals surface area contributed by atoms with Crippen LogP contribution in [-0.2, 0) is 4.79 Å². The fourth-order valence-electron chi connectivity index (χ4n) is 2.35. The highest BCUT2D eigenvalue weighted by Crippen LogP contribution is 2.16. The number of carbonyl (C=O) groups is 1. The quantitative estimate of drug-likeness (QED) is 0.643. The summed E-state index contributed by atoms with van der Waals surface area (Å²) < 4.78 is 0. The molecule has 17 heavy (non-hydrogen) atoms. The van der Waals surface area contributed by atoms with Gasteiger partial charge in [0, 0.05) is 6.04 Å². The van der Waals surface area contributed by atoms with Crippen LogP contribution in [0.1, 0.15) is 47.5 Å². The van der Waals surface area contributed by atoms with E-state index in [1.165, 1.54) is 0 Å². The van der Waals surface area contributed by atoms with Crippen molar-refractivity contribution < 1.29 is 4.79 Å². The minimum absolute atomic E-state index is 0.265. The molecule has 0 radical (unpaired) electrons. The molecule has 102 valence electrons. The lowest BCUT2D eigenvalue weighted by Gasteiger charge is -2.35. The minimum atomic E-state index is -0.602. The molecule has 2 atom stereocenters. The van der Waals surface area contributed by atoms with Gasteiger partial charge in [-0.3, -0.25) is 4.79 Å². The Labute approximate surface area is 106 Å². The fraction of sp³-hybridized carbons (Fsp3) is 0.923. The number of likely N-dealkylation sites (N-methyl/N-ethyl adjacent to an activating group) is 1. The van der Waals surface area contributed by atoms with E-state index in [0.29, 0.717) is 6.04 Å². The van der Waals surface area contributed by atoms with Crippen molar-refractivity contribution in [2.45, 2.75) is 59.0 Å². The molecule has 4 nitrogen and oxygen atoms in total. The van der Waals surface area contributed by atoms with Crippen molar-refractivity contribution in [1.82, 2.24) is 10.2 Å². The van der Waals surface area contributed by atoms with Gasteiger partial charge < -0.3 is 16.0 Å². The van der Waals surface area contributed by atoms with E-state index in [-0.39, 0.29) is 5.91 Å². The maximum Gasteiger partial charge on any atom is 0.237 e. The molecular weight excluding hydrogens is 214 g/mol. The Bertz CT molecular complexity index is 233. The lowest BCUT2D eigenvalue weighted by atomic mass is 9.92. The Hall–Kier alpha value is -0.610. The highest BCUT2D eigenvalue weighted by molar-refractivity contribution is 5.84. The maximum absolute atomic E-state index is 11.6. The van der Waals surface area contributed by atoms with Crippen LogP contribution in [0.4, 0.5) is 0 Å². The number of rotatable bonds is 9. The molecule has 0 aromatic carbocycles. The summed E-state index contributed by atoms with van der Waals surface area (Å²) in [4.78, 5) is 13.9. The lowest BCUT2D eigenvalue weighted by molar-refractivity contribution is -0.124. The third-order valence-electron chi connectivity index (χ3n) is 3.35. The minimum Gasteiger partial charge on any atom is -0.368 e. The zero-order valence-corrected chi connectivity index (χ0v) is 12.0. The molecule has 0 rings (SSSR count). The Balaban J connectivity index is 4.58. The molecule has 3 N–H and O–H groups in total. The average molecular weight is 243 g/mol. The molecule has 0 aliphatic heterocycles. The van der Waals surface area contributed by atoms with Crippen LogP contribution in [0, 0.1) is 0 Å². The van der Waals surface area contributed by atoms with Crippen LogP contribution in [0.5, 0.6) is 0 Å². The molecule has 0 saturated heterocycles. The molecule has 0 aliphatic carbocycles. The van der Waals surface area contributed by atoms with Crippen molar-refractivity contribution in [3.05, 3.63) is 0 Å².